The Kier molecular flexibility index (Phi) is 3.77. The maximum absolute atomic E-state index is 10.5. The molecule has 2 rings (SSSR count). The highest BCUT2D eigenvalue weighted by atomic mass is 16.3. The van der Waals surface area contributed by atoms with E-state index in [2.05, 4.69) is 17.1 Å². The number of hydrogen-bond donors (Lipinski definition) is 1. The molecule has 3 unspecified atom stereocenters. The molecule has 1 heterocycles. The molecule has 0 radical (unpaired) electrons. The van der Waals surface area contributed by atoms with Crippen molar-refractivity contribution < 1.29 is 5.11 Å². The summed E-state index contributed by atoms with van der Waals surface area (Å²) in [6.07, 6.45) is 4.43. The van der Waals surface area contributed by atoms with E-state index in [0.717, 1.165) is 35.7 Å². The van der Waals surface area contributed by atoms with Crippen LogP contribution in [0.25, 0.3) is 0 Å². The molecule has 0 aliphatic heterocycles. The van der Waals surface area contributed by atoms with Crippen LogP contribution in [0.5, 0.6) is 0 Å². The van der Waals surface area contributed by atoms with Crippen molar-refractivity contribution in [2.75, 3.05) is 0 Å². The predicted molar refractivity (Wildman–Crippen MR) is 67.6 cm³/mol. The Bertz CT molecular complexity index is 392. The van der Waals surface area contributed by atoms with E-state index in [1.807, 2.05) is 19.9 Å². The smallest absolute Gasteiger partial charge is 0.0837 e. The minimum Gasteiger partial charge on any atom is -0.388 e. The van der Waals surface area contributed by atoms with Crippen LogP contribution in [0.4, 0.5) is 0 Å². The highest BCUT2D eigenvalue weighted by Gasteiger charge is 2.27. The van der Waals surface area contributed by atoms with E-state index in [4.69, 9.17) is 0 Å². The van der Waals surface area contributed by atoms with Gasteiger partial charge in [0.05, 0.1) is 17.5 Å². The first-order chi connectivity index (χ1) is 8.08. The first-order valence-corrected chi connectivity index (χ1v) is 6.57. The lowest BCUT2D eigenvalue weighted by molar-refractivity contribution is 0.0704. The summed E-state index contributed by atoms with van der Waals surface area (Å²) in [5, 5.41) is 18.6. The maximum atomic E-state index is 10.5. The molecule has 1 saturated carbocycles. The van der Waals surface area contributed by atoms with Crippen LogP contribution in [0, 0.1) is 25.7 Å². The van der Waals surface area contributed by atoms with Gasteiger partial charge < -0.3 is 5.11 Å². The molecule has 17 heavy (non-hydrogen) atoms. The molecule has 0 spiro atoms. The van der Waals surface area contributed by atoms with Gasteiger partial charge >= 0.3 is 0 Å². The van der Waals surface area contributed by atoms with Crippen molar-refractivity contribution in [3.05, 3.63) is 23.0 Å². The van der Waals surface area contributed by atoms with Crippen molar-refractivity contribution in [1.29, 1.82) is 0 Å². The zero-order valence-electron chi connectivity index (χ0n) is 11.0. The molecule has 1 aliphatic carbocycles. The van der Waals surface area contributed by atoms with E-state index >= 15 is 0 Å². The van der Waals surface area contributed by atoms with Gasteiger partial charge in [-0.05, 0) is 44.6 Å². The van der Waals surface area contributed by atoms with Gasteiger partial charge in [0.15, 0.2) is 0 Å². The Morgan fingerprint density at radius 2 is 2.06 bits per heavy atom. The van der Waals surface area contributed by atoms with E-state index in [1.54, 1.807) is 0 Å². The molecule has 0 amide bonds. The predicted octanol–water partition coefficient (Wildman–Crippen LogP) is 2.95. The normalized spacial score (nSPS) is 26.8. The number of aryl methyl sites for hydroxylation is 2. The lowest BCUT2D eigenvalue weighted by Crippen LogP contribution is -2.21. The molecule has 3 atom stereocenters. The first kappa shape index (κ1) is 12.5. The van der Waals surface area contributed by atoms with Gasteiger partial charge in [0.2, 0.25) is 0 Å². The first-order valence-electron chi connectivity index (χ1n) is 6.57. The van der Waals surface area contributed by atoms with Crippen LogP contribution in [0.15, 0.2) is 6.07 Å². The lowest BCUT2D eigenvalue weighted by atomic mass is 9.78. The van der Waals surface area contributed by atoms with Crippen molar-refractivity contribution in [1.82, 2.24) is 10.2 Å². The van der Waals surface area contributed by atoms with Gasteiger partial charge in [-0.15, -0.1) is 0 Å². The van der Waals surface area contributed by atoms with E-state index in [-0.39, 0.29) is 6.10 Å². The Morgan fingerprint density at radius 1 is 1.29 bits per heavy atom. The topological polar surface area (TPSA) is 46.0 Å². The Morgan fingerprint density at radius 3 is 2.76 bits per heavy atom. The largest absolute Gasteiger partial charge is 0.388 e. The summed E-state index contributed by atoms with van der Waals surface area (Å²) in [6, 6.07) is 1.98. The molecule has 0 aromatic carbocycles. The Balaban J connectivity index is 2.18. The summed E-state index contributed by atoms with van der Waals surface area (Å²) in [4.78, 5) is 0. The van der Waals surface area contributed by atoms with Gasteiger partial charge in [-0.25, -0.2) is 0 Å². The van der Waals surface area contributed by atoms with Gasteiger partial charge in [0.25, 0.3) is 0 Å². The van der Waals surface area contributed by atoms with Gasteiger partial charge in [0, 0.05) is 5.56 Å². The van der Waals surface area contributed by atoms with Crippen molar-refractivity contribution in [2.24, 2.45) is 11.8 Å². The van der Waals surface area contributed by atoms with Crippen LogP contribution in [-0.4, -0.2) is 15.3 Å². The minimum absolute atomic E-state index is 0.369. The molecule has 1 aromatic rings. The summed E-state index contributed by atoms with van der Waals surface area (Å²) in [7, 11) is 0. The summed E-state index contributed by atoms with van der Waals surface area (Å²) in [5.74, 6) is 1.13. The molecule has 94 valence electrons. The average molecular weight is 234 g/mol. The van der Waals surface area contributed by atoms with Crippen LogP contribution in [0.3, 0.4) is 0 Å². The summed E-state index contributed by atoms with van der Waals surface area (Å²) in [6.45, 7) is 6.13. The molecule has 3 nitrogen and oxygen atoms in total. The van der Waals surface area contributed by atoms with Crippen LogP contribution in [0.2, 0.25) is 0 Å². The molecule has 0 bridgehead atoms. The quantitative estimate of drug-likeness (QED) is 0.855. The molecule has 1 aliphatic rings. The molecular weight excluding hydrogens is 212 g/mol. The fourth-order valence-corrected chi connectivity index (χ4v) is 2.89. The highest BCUT2D eigenvalue weighted by molar-refractivity contribution is 5.23. The number of rotatable bonds is 2. The molecule has 3 heteroatoms. The molecule has 1 fully saturated rings. The lowest BCUT2D eigenvalue weighted by Gasteiger charge is -2.31. The van der Waals surface area contributed by atoms with Gasteiger partial charge in [-0.3, -0.25) is 0 Å². The third kappa shape index (κ3) is 2.83. The maximum Gasteiger partial charge on any atom is 0.0837 e. The van der Waals surface area contributed by atoms with Crippen LogP contribution < -0.4 is 0 Å². The summed E-state index contributed by atoms with van der Waals surface area (Å²) >= 11 is 0. The standard InChI is InChI=1S/C14H22N2O/c1-9-5-4-6-12(7-9)14(17)13-8-10(2)15-16-11(13)3/h8-9,12,14,17H,4-7H2,1-3H3. The second-order valence-electron chi connectivity index (χ2n) is 5.50. The second kappa shape index (κ2) is 5.13. The third-order valence-electron chi connectivity index (χ3n) is 3.88. The molecule has 1 aromatic heterocycles. The van der Waals surface area contributed by atoms with Gasteiger partial charge in [-0.1, -0.05) is 19.8 Å². The van der Waals surface area contributed by atoms with Gasteiger partial charge in [0.1, 0.15) is 0 Å². The van der Waals surface area contributed by atoms with Crippen molar-refractivity contribution in [2.45, 2.75) is 52.6 Å². The Hall–Kier alpha value is -0.960. The SMILES string of the molecule is Cc1cc(C(O)C2CCCC(C)C2)c(C)nn1. The number of aromatic nitrogens is 2. The van der Waals surface area contributed by atoms with Gasteiger partial charge in [-0.2, -0.15) is 10.2 Å². The second-order valence-corrected chi connectivity index (χ2v) is 5.50. The van der Waals surface area contributed by atoms with Crippen LogP contribution >= 0.6 is 0 Å². The third-order valence-corrected chi connectivity index (χ3v) is 3.88. The van der Waals surface area contributed by atoms with Crippen LogP contribution in [0.1, 0.15) is 55.7 Å². The summed E-state index contributed by atoms with van der Waals surface area (Å²) in [5.41, 5.74) is 2.71. The summed E-state index contributed by atoms with van der Waals surface area (Å²) < 4.78 is 0. The number of aliphatic hydroxyl groups is 1. The fraction of sp³-hybridized carbons (Fsp3) is 0.714. The number of aliphatic hydroxyl groups excluding tert-OH is 1. The number of nitrogens with zero attached hydrogens (tertiary/aromatic N) is 2. The van der Waals surface area contributed by atoms with E-state index in [0.29, 0.717) is 5.92 Å². The zero-order valence-corrected chi connectivity index (χ0v) is 11.0. The zero-order chi connectivity index (χ0) is 12.4. The monoisotopic (exact) mass is 234 g/mol. The van der Waals surface area contributed by atoms with Crippen LogP contribution in [-0.2, 0) is 0 Å². The fourth-order valence-electron chi connectivity index (χ4n) is 2.89. The highest BCUT2D eigenvalue weighted by Crippen LogP contribution is 2.37. The van der Waals surface area contributed by atoms with E-state index in [1.165, 1.54) is 12.8 Å². The Labute approximate surface area is 103 Å². The van der Waals surface area contributed by atoms with Crippen molar-refractivity contribution >= 4 is 0 Å². The van der Waals surface area contributed by atoms with Crippen molar-refractivity contribution in [3.63, 3.8) is 0 Å². The minimum atomic E-state index is -0.369. The molecule has 0 saturated heterocycles. The van der Waals surface area contributed by atoms with E-state index < -0.39 is 0 Å². The van der Waals surface area contributed by atoms with Crippen molar-refractivity contribution in [3.8, 4) is 0 Å². The molecule has 1 N–H and O–H groups in total. The molecular formula is C14H22N2O. The average Bonchev–Trinajstić information content (AvgIpc) is 2.31. The number of hydrogen-bond acceptors (Lipinski definition) is 3. The van der Waals surface area contributed by atoms with E-state index in [9.17, 15) is 5.11 Å².